The zero-order valence-electron chi connectivity index (χ0n) is 6.32. The second kappa shape index (κ2) is 4.07. The largest absolute Gasteiger partial charge is 0.355 e. The third-order valence-corrected chi connectivity index (χ3v) is 4.11. The molecule has 1 fully saturated rings. The molecule has 1 rings (SSSR count). The van der Waals surface area contributed by atoms with E-state index in [1.165, 1.54) is 12.8 Å². The molecule has 0 spiro atoms. The Bertz CT molecular complexity index is 138. The number of epoxide rings is 1. The second-order valence-corrected chi connectivity index (χ2v) is 7.57. The van der Waals surface area contributed by atoms with E-state index in [4.69, 9.17) is 4.74 Å². The molecule has 0 aliphatic carbocycles. The lowest BCUT2D eigenvalue weighted by atomic mass is 10.2. The van der Waals surface area contributed by atoms with Crippen LogP contribution in [0.5, 0.6) is 0 Å². The zero-order chi connectivity index (χ0) is 8.48. The second-order valence-electron chi connectivity index (χ2n) is 2.77. The van der Waals surface area contributed by atoms with Crippen LogP contribution >= 0.6 is 47.8 Å². The molecule has 66 valence electrons. The fourth-order valence-electron chi connectivity index (χ4n) is 0.941. The first-order chi connectivity index (χ1) is 5.08. The predicted molar refractivity (Wildman–Crippen MR) is 57.7 cm³/mol. The van der Waals surface area contributed by atoms with Crippen LogP contribution in [0.1, 0.15) is 26.2 Å². The molecule has 0 radical (unpaired) electrons. The van der Waals surface area contributed by atoms with E-state index in [0.29, 0.717) is 0 Å². The lowest BCUT2D eigenvalue weighted by Gasteiger charge is -2.16. The normalized spacial score (nSPS) is 30.5. The van der Waals surface area contributed by atoms with E-state index in [2.05, 4.69) is 54.7 Å². The van der Waals surface area contributed by atoms with Gasteiger partial charge in [-0.1, -0.05) is 67.6 Å². The van der Waals surface area contributed by atoms with Crippen molar-refractivity contribution in [2.45, 2.75) is 40.5 Å². The van der Waals surface area contributed by atoms with Gasteiger partial charge < -0.3 is 4.74 Å². The highest BCUT2D eigenvalue weighted by atomic mass is 79.9. The van der Waals surface area contributed by atoms with Gasteiger partial charge in [0.05, 0.1) is 0 Å². The molecule has 2 unspecified atom stereocenters. The molecule has 0 aromatic heterocycles. The lowest BCUT2D eigenvalue weighted by molar-refractivity contribution is 0.383. The molecule has 0 saturated carbocycles. The van der Waals surface area contributed by atoms with Gasteiger partial charge >= 0.3 is 0 Å². The Labute approximate surface area is 92.6 Å². The SMILES string of the molecule is CCCCC(Br)(Br)C1OC1Br. The van der Waals surface area contributed by atoms with Gasteiger partial charge in [0.1, 0.15) is 14.4 Å². The Balaban J connectivity index is 2.28. The van der Waals surface area contributed by atoms with Crippen molar-refractivity contribution in [2.24, 2.45) is 0 Å². The Morgan fingerprint density at radius 3 is 2.36 bits per heavy atom. The first-order valence-electron chi connectivity index (χ1n) is 3.75. The van der Waals surface area contributed by atoms with Crippen LogP contribution < -0.4 is 0 Å². The summed E-state index contributed by atoms with van der Waals surface area (Å²) in [6.45, 7) is 2.19. The standard InChI is InChI=1S/C7H11Br3O/c1-2-3-4-7(9,10)5-6(8)11-5/h5-6H,2-4H2,1H3. The minimum absolute atomic E-state index is 0.00975. The topological polar surface area (TPSA) is 12.5 Å². The van der Waals surface area contributed by atoms with E-state index < -0.39 is 0 Å². The van der Waals surface area contributed by atoms with Crippen molar-refractivity contribution in [3.8, 4) is 0 Å². The molecule has 1 nitrogen and oxygen atoms in total. The first kappa shape index (κ1) is 10.5. The van der Waals surface area contributed by atoms with Crippen LogP contribution in [0.15, 0.2) is 0 Å². The van der Waals surface area contributed by atoms with Crippen LogP contribution in [0.2, 0.25) is 0 Å². The number of unbranched alkanes of at least 4 members (excludes halogenated alkanes) is 1. The van der Waals surface area contributed by atoms with Gasteiger partial charge in [-0.25, -0.2) is 0 Å². The molecule has 0 amide bonds. The summed E-state index contributed by atoms with van der Waals surface area (Å²) in [6, 6.07) is 0. The van der Waals surface area contributed by atoms with Crippen molar-refractivity contribution in [3.05, 3.63) is 0 Å². The van der Waals surface area contributed by atoms with Crippen molar-refractivity contribution in [1.82, 2.24) is 0 Å². The zero-order valence-corrected chi connectivity index (χ0v) is 11.1. The van der Waals surface area contributed by atoms with Gasteiger partial charge in [0.15, 0.2) is 0 Å². The molecular weight excluding hydrogens is 340 g/mol. The number of halogens is 3. The number of rotatable bonds is 4. The number of hydrogen-bond donors (Lipinski definition) is 0. The van der Waals surface area contributed by atoms with Crippen molar-refractivity contribution in [3.63, 3.8) is 0 Å². The van der Waals surface area contributed by atoms with E-state index >= 15 is 0 Å². The van der Waals surface area contributed by atoms with Crippen molar-refractivity contribution < 1.29 is 4.74 Å². The molecule has 0 bridgehead atoms. The van der Waals surface area contributed by atoms with E-state index in [-0.39, 0.29) is 14.4 Å². The van der Waals surface area contributed by atoms with Gasteiger partial charge in [0, 0.05) is 0 Å². The molecule has 0 aromatic rings. The monoisotopic (exact) mass is 348 g/mol. The molecule has 0 aromatic carbocycles. The fourth-order valence-corrected chi connectivity index (χ4v) is 3.59. The molecule has 1 aliphatic heterocycles. The average molecular weight is 351 g/mol. The summed E-state index contributed by atoms with van der Waals surface area (Å²) in [4.78, 5) is 0. The predicted octanol–water partition coefficient (Wildman–Crippen LogP) is 3.78. The maximum atomic E-state index is 5.30. The summed E-state index contributed by atoms with van der Waals surface area (Å²) < 4.78 is 5.29. The van der Waals surface area contributed by atoms with Crippen molar-refractivity contribution in [2.75, 3.05) is 0 Å². The summed E-state index contributed by atoms with van der Waals surface area (Å²) in [5, 5.41) is 0.234. The lowest BCUT2D eigenvalue weighted by Crippen LogP contribution is -2.20. The van der Waals surface area contributed by atoms with Crippen molar-refractivity contribution in [1.29, 1.82) is 0 Å². The van der Waals surface area contributed by atoms with E-state index in [1.54, 1.807) is 0 Å². The summed E-state index contributed by atoms with van der Waals surface area (Å²) in [6.07, 6.45) is 3.83. The molecule has 1 saturated heterocycles. The van der Waals surface area contributed by atoms with Crippen LogP contribution in [-0.2, 0) is 4.74 Å². The van der Waals surface area contributed by atoms with Crippen LogP contribution in [0.4, 0.5) is 0 Å². The maximum absolute atomic E-state index is 5.30. The van der Waals surface area contributed by atoms with Gasteiger partial charge in [0.2, 0.25) is 0 Å². The van der Waals surface area contributed by atoms with Gasteiger partial charge in [-0.05, 0) is 6.42 Å². The average Bonchev–Trinajstić information content (AvgIpc) is 2.63. The number of alkyl halides is 3. The molecule has 0 N–H and O–H groups in total. The Morgan fingerprint density at radius 2 is 2.00 bits per heavy atom. The Kier molecular flexibility index (Phi) is 3.88. The number of ether oxygens (including phenoxy) is 1. The summed E-state index contributed by atoms with van der Waals surface area (Å²) in [7, 11) is 0. The highest BCUT2D eigenvalue weighted by Crippen LogP contribution is 2.48. The minimum atomic E-state index is -0.00975. The highest BCUT2D eigenvalue weighted by molar-refractivity contribution is 9.25. The van der Waals surface area contributed by atoms with Crippen LogP contribution in [0, 0.1) is 0 Å². The highest BCUT2D eigenvalue weighted by Gasteiger charge is 2.50. The van der Waals surface area contributed by atoms with Crippen molar-refractivity contribution >= 4 is 47.8 Å². The summed E-state index contributed by atoms with van der Waals surface area (Å²) in [5.74, 6) is 0. The van der Waals surface area contributed by atoms with Gasteiger partial charge in [0.25, 0.3) is 0 Å². The summed E-state index contributed by atoms with van der Waals surface area (Å²) in [5.41, 5.74) is 0. The molecule has 1 heterocycles. The van der Waals surface area contributed by atoms with Gasteiger partial charge in [-0.3, -0.25) is 0 Å². The molecule has 1 aliphatic rings. The third-order valence-electron chi connectivity index (χ3n) is 1.72. The van der Waals surface area contributed by atoms with Gasteiger partial charge in [-0.2, -0.15) is 0 Å². The van der Waals surface area contributed by atoms with E-state index in [9.17, 15) is 0 Å². The van der Waals surface area contributed by atoms with Crippen LogP contribution in [0.25, 0.3) is 0 Å². The van der Waals surface area contributed by atoms with Gasteiger partial charge in [-0.15, -0.1) is 0 Å². The van der Waals surface area contributed by atoms with Crippen LogP contribution in [0.3, 0.4) is 0 Å². The smallest absolute Gasteiger partial charge is 0.141 e. The molecular formula is C7H11Br3O. The number of hydrogen-bond acceptors (Lipinski definition) is 1. The Morgan fingerprint density at radius 1 is 1.45 bits per heavy atom. The fraction of sp³-hybridized carbons (Fsp3) is 1.00. The maximum Gasteiger partial charge on any atom is 0.141 e. The Hall–Kier alpha value is 1.40. The molecule has 11 heavy (non-hydrogen) atoms. The summed E-state index contributed by atoms with van der Waals surface area (Å²) >= 11 is 10.6. The minimum Gasteiger partial charge on any atom is -0.355 e. The molecule has 2 atom stereocenters. The van der Waals surface area contributed by atoms with E-state index in [0.717, 1.165) is 6.42 Å². The van der Waals surface area contributed by atoms with Crippen LogP contribution in [-0.4, -0.2) is 14.4 Å². The van der Waals surface area contributed by atoms with E-state index in [1.807, 2.05) is 0 Å². The quantitative estimate of drug-likeness (QED) is 0.555. The molecule has 4 heteroatoms. The first-order valence-corrected chi connectivity index (χ1v) is 6.25. The third kappa shape index (κ3) is 2.98.